The Morgan fingerprint density at radius 3 is 2.69 bits per heavy atom. The van der Waals surface area contributed by atoms with E-state index >= 15 is 0 Å². The lowest BCUT2D eigenvalue weighted by Gasteiger charge is -2.35. The summed E-state index contributed by atoms with van der Waals surface area (Å²) in [6.45, 7) is 4.77. The molecule has 3 aromatic rings. The Morgan fingerprint density at radius 2 is 1.97 bits per heavy atom. The van der Waals surface area contributed by atoms with E-state index < -0.39 is 10.0 Å². The maximum Gasteiger partial charge on any atom is 0.213 e. The Bertz CT molecular complexity index is 1190. The summed E-state index contributed by atoms with van der Waals surface area (Å²) in [7, 11) is 0.116. The minimum Gasteiger partial charge on any atom is -0.491 e. The van der Waals surface area contributed by atoms with Crippen LogP contribution in [0.25, 0.3) is 10.9 Å². The molecular weight excluding hydrogens is 428 g/mol. The SMILES string of the molecule is COc1cncnc1N1CCN(CCCc2cn(C)c3ccc(CS(N)(=O)=O)cc23)CC1. The molecule has 1 aliphatic heterocycles. The number of anilines is 1. The number of rotatable bonds is 8. The molecule has 10 heteroatoms. The fraction of sp³-hybridized carbons (Fsp3) is 0.455. The molecule has 0 bridgehead atoms. The molecule has 1 aromatic carbocycles. The highest BCUT2D eigenvalue weighted by Gasteiger charge is 2.20. The first-order valence-corrected chi connectivity index (χ1v) is 12.4. The van der Waals surface area contributed by atoms with Crippen molar-refractivity contribution < 1.29 is 13.2 Å². The molecule has 32 heavy (non-hydrogen) atoms. The third-order valence-electron chi connectivity index (χ3n) is 5.98. The fourth-order valence-electron chi connectivity index (χ4n) is 4.41. The summed E-state index contributed by atoms with van der Waals surface area (Å²) in [4.78, 5) is 13.1. The number of primary sulfonamides is 1. The highest BCUT2D eigenvalue weighted by molar-refractivity contribution is 7.88. The van der Waals surface area contributed by atoms with Crippen molar-refractivity contribution in [2.75, 3.05) is 44.7 Å². The number of piperazine rings is 1. The molecule has 1 fully saturated rings. The number of hydrogen-bond donors (Lipinski definition) is 1. The zero-order chi connectivity index (χ0) is 22.7. The van der Waals surface area contributed by atoms with Crippen LogP contribution in [0.15, 0.2) is 36.9 Å². The topological polar surface area (TPSA) is 107 Å². The second kappa shape index (κ2) is 9.43. The van der Waals surface area contributed by atoms with Gasteiger partial charge in [0.2, 0.25) is 10.0 Å². The lowest BCUT2D eigenvalue weighted by molar-refractivity contribution is 0.253. The van der Waals surface area contributed by atoms with Crippen LogP contribution in [0.2, 0.25) is 0 Å². The number of hydrogen-bond acceptors (Lipinski definition) is 7. The molecular formula is C22H30N6O3S. The van der Waals surface area contributed by atoms with E-state index in [0.717, 1.165) is 67.8 Å². The molecule has 9 nitrogen and oxygen atoms in total. The zero-order valence-electron chi connectivity index (χ0n) is 18.6. The van der Waals surface area contributed by atoms with E-state index in [1.165, 1.54) is 5.56 Å². The van der Waals surface area contributed by atoms with Crippen molar-refractivity contribution in [1.29, 1.82) is 0 Å². The average Bonchev–Trinajstić information content (AvgIpc) is 3.08. The summed E-state index contributed by atoms with van der Waals surface area (Å²) in [5.41, 5.74) is 3.07. The zero-order valence-corrected chi connectivity index (χ0v) is 19.4. The third-order valence-corrected chi connectivity index (χ3v) is 6.71. The second-order valence-electron chi connectivity index (χ2n) is 8.27. The van der Waals surface area contributed by atoms with Crippen molar-refractivity contribution in [2.24, 2.45) is 12.2 Å². The van der Waals surface area contributed by atoms with Crippen LogP contribution >= 0.6 is 0 Å². The molecule has 0 spiro atoms. The minimum atomic E-state index is -3.55. The molecule has 0 unspecified atom stereocenters. The van der Waals surface area contributed by atoms with E-state index in [2.05, 4.69) is 30.5 Å². The van der Waals surface area contributed by atoms with Crippen molar-refractivity contribution in [2.45, 2.75) is 18.6 Å². The number of fused-ring (bicyclic) bond motifs is 1. The van der Waals surface area contributed by atoms with E-state index in [9.17, 15) is 8.42 Å². The van der Waals surface area contributed by atoms with Crippen LogP contribution in [-0.4, -0.2) is 67.7 Å². The van der Waals surface area contributed by atoms with Crippen molar-refractivity contribution >= 4 is 26.7 Å². The van der Waals surface area contributed by atoms with Crippen molar-refractivity contribution in [3.63, 3.8) is 0 Å². The second-order valence-corrected chi connectivity index (χ2v) is 9.89. The van der Waals surface area contributed by atoms with Crippen molar-refractivity contribution in [3.8, 4) is 5.75 Å². The number of sulfonamides is 1. The first kappa shape index (κ1) is 22.5. The number of methoxy groups -OCH3 is 1. The molecule has 0 aliphatic carbocycles. The van der Waals surface area contributed by atoms with Gasteiger partial charge in [-0.2, -0.15) is 0 Å². The quantitative estimate of drug-likeness (QED) is 0.545. The smallest absolute Gasteiger partial charge is 0.213 e. The van der Waals surface area contributed by atoms with Gasteiger partial charge in [-0.15, -0.1) is 0 Å². The Hall–Kier alpha value is -2.69. The molecule has 4 rings (SSSR count). The lowest BCUT2D eigenvalue weighted by Crippen LogP contribution is -2.47. The van der Waals surface area contributed by atoms with E-state index in [-0.39, 0.29) is 5.75 Å². The predicted molar refractivity (Wildman–Crippen MR) is 125 cm³/mol. The van der Waals surface area contributed by atoms with Gasteiger partial charge >= 0.3 is 0 Å². The normalized spacial score (nSPS) is 15.4. The summed E-state index contributed by atoms with van der Waals surface area (Å²) in [5.74, 6) is 1.42. The molecule has 0 saturated carbocycles. The van der Waals surface area contributed by atoms with Gasteiger partial charge in [-0.1, -0.05) is 6.07 Å². The van der Waals surface area contributed by atoms with Crippen LogP contribution < -0.4 is 14.8 Å². The molecule has 1 saturated heterocycles. The monoisotopic (exact) mass is 458 g/mol. The van der Waals surface area contributed by atoms with Crippen LogP contribution in [0, 0.1) is 0 Å². The Labute approximate surface area is 188 Å². The number of aromatic nitrogens is 3. The molecule has 172 valence electrons. The standard InChI is InChI=1S/C22H30N6O3S/c1-26-14-18(19-12-17(5-6-20(19)26)15-32(23,29)30)4-3-7-27-8-10-28(11-9-27)22-21(31-2)13-24-16-25-22/h5-6,12-14,16H,3-4,7-11,15H2,1-2H3,(H2,23,29,30). The largest absolute Gasteiger partial charge is 0.491 e. The van der Waals surface area contributed by atoms with Crippen molar-refractivity contribution in [1.82, 2.24) is 19.4 Å². The third kappa shape index (κ3) is 5.20. The Balaban J connectivity index is 1.34. The number of ether oxygens (including phenoxy) is 1. The van der Waals surface area contributed by atoms with Gasteiger partial charge in [0.15, 0.2) is 11.6 Å². The average molecular weight is 459 g/mol. The number of nitrogens with zero attached hydrogens (tertiary/aromatic N) is 5. The maximum atomic E-state index is 11.5. The number of nitrogens with two attached hydrogens (primary N) is 1. The first-order chi connectivity index (χ1) is 15.3. The van der Waals surface area contributed by atoms with E-state index in [1.54, 1.807) is 19.6 Å². The van der Waals surface area contributed by atoms with Gasteiger partial charge in [0, 0.05) is 50.3 Å². The molecule has 0 radical (unpaired) electrons. The summed E-state index contributed by atoms with van der Waals surface area (Å²) < 4.78 is 30.4. The van der Waals surface area contributed by atoms with E-state index in [4.69, 9.17) is 9.88 Å². The van der Waals surface area contributed by atoms with Crippen LogP contribution in [0.3, 0.4) is 0 Å². The highest BCUT2D eigenvalue weighted by atomic mass is 32.2. The van der Waals surface area contributed by atoms with Gasteiger partial charge in [0.05, 0.1) is 19.1 Å². The minimum absolute atomic E-state index is 0.140. The van der Waals surface area contributed by atoms with E-state index in [0.29, 0.717) is 5.75 Å². The van der Waals surface area contributed by atoms with Gasteiger partial charge < -0.3 is 14.2 Å². The summed E-state index contributed by atoms with van der Waals surface area (Å²) >= 11 is 0. The predicted octanol–water partition coefficient (Wildman–Crippen LogP) is 1.52. The van der Waals surface area contributed by atoms with E-state index in [1.807, 2.05) is 25.2 Å². The van der Waals surface area contributed by atoms with Crippen LogP contribution in [0.5, 0.6) is 5.75 Å². The molecule has 2 N–H and O–H groups in total. The lowest BCUT2D eigenvalue weighted by atomic mass is 10.1. The van der Waals surface area contributed by atoms with Crippen LogP contribution in [0.4, 0.5) is 5.82 Å². The van der Waals surface area contributed by atoms with Gasteiger partial charge in [-0.05, 0) is 42.6 Å². The van der Waals surface area contributed by atoms with Gasteiger partial charge in [0.1, 0.15) is 6.33 Å². The summed E-state index contributed by atoms with van der Waals surface area (Å²) in [5, 5.41) is 6.33. The maximum absolute atomic E-state index is 11.5. The Kier molecular flexibility index (Phi) is 6.63. The number of benzene rings is 1. The van der Waals surface area contributed by atoms with Crippen LogP contribution in [-0.2, 0) is 29.2 Å². The molecule has 0 atom stereocenters. The van der Waals surface area contributed by atoms with Crippen LogP contribution in [0.1, 0.15) is 17.5 Å². The molecule has 0 amide bonds. The molecule has 3 heterocycles. The summed E-state index contributed by atoms with van der Waals surface area (Å²) in [6, 6.07) is 5.77. The van der Waals surface area contributed by atoms with Gasteiger partial charge in [-0.3, -0.25) is 4.90 Å². The Morgan fingerprint density at radius 1 is 1.19 bits per heavy atom. The molecule has 1 aliphatic rings. The molecule has 2 aromatic heterocycles. The number of aryl methyl sites for hydroxylation is 2. The summed E-state index contributed by atoms with van der Waals surface area (Å²) in [6.07, 6.45) is 7.38. The first-order valence-electron chi connectivity index (χ1n) is 10.7. The fourth-order valence-corrected chi connectivity index (χ4v) is 5.05. The van der Waals surface area contributed by atoms with Crippen molar-refractivity contribution in [3.05, 3.63) is 48.0 Å². The van der Waals surface area contributed by atoms with Gasteiger partial charge in [-0.25, -0.2) is 23.5 Å². The van der Waals surface area contributed by atoms with Gasteiger partial charge in [0.25, 0.3) is 0 Å². The highest BCUT2D eigenvalue weighted by Crippen LogP contribution is 2.26.